The predicted octanol–water partition coefficient (Wildman–Crippen LogP) is 3.10. The maximum absolute atomic E-state index is 5.45. The smallest absolute Gasteiger partial charge is 0.0586 e. The third-order valence-electron chi connectivity index (χ3n) is 3.27. The van der Waals surface area contributed by atoms with Crippen molar-refractivity contribution in [2.24, 2.45) is 0 Å². The van der Waals surface area contributed by atoms with E-state index in [9.17, 15) is 0 Å². The van der Waals surface area contributed by atoms with E-state index in [4.69, 9.17) is 4.74 Å². The maximum Gasteiger partial charge on any atom is 0.0586 e. The summed E-state index contributed by atoms with van der Waals surface area (Å²) < 4.78 is 5.45. The molecule has 0 aromatic heterocycles. The van der Waals surface area contributed by atoms with Crippen LogP contribution in [0.1, 0.15) is 46.0 Å². The summed E-state index contributed by atoms with van der Waals surface area (Å²) in [4.78, 5) is 0. The van der Waals surface area contributed by atoms with Crippen LogP contribution in [-0.2, 0) is 4.74 Å². The molecule has 0 heterocycles. The minimum absolute atomic E-state index is 0.240. The van der Waals surface area contributed by atoms with Crippen molar-refractivity contribution >= 4 is 15.9 Å². The molecule has 1 saturated carbocycles. The van der Waals surface area contributed by atoms with Gasteiger partial charge >= 0.3 is 0 Å². The number of rotatable bonds is 5. The van der Waals surface area contributed by atoms with Gasteiger partial charge in [0.15, 0.2) is 0 Å². The summed E-state index contributed by atoms with van der Waals surface area (Å²) in [5.74, 6) is 0. The lowest BCUT2D eigenvalue weighted by Gasteiger charge is -2.36. The molecule has 0 amide bonds. The molecule has 90 valence electrons. The number of methoxy groups -OCH3 is 1. The molecule has 1 aliphatic carbocycles. The Morgan fingerprint density at radius 1 is 1.40 bits per heavy atom. The Morgan fingerprint density at radius 3 is 2.73 bits per heavy atom. The summed E-state index contributed by atoms with van der Waals surface area (Å²) in [6.45, 7) is 4.56. The van der Waals surface area contributed by atoms with E-state index in [-0.39, 0.29) is 5.54 Å². The van der Waals surface area contributed by atoms with E-state index in [0.717, 1.165) is 5.33 Å². The fourth-order valence-electron chi connectivity index (χ4n) is 2.35. The third-order valence-corrected chi connectivity index (χ3v) is 3.67. The zero-order chi connectivity index (χ0) is 11.3. The predicted molar refractivity (Wildman–Crippen MR) is 68.7 cm³/mol. The van der Waals surface area contributed by atoms with Gasteiger partial charge in [0.1, 0.15) is 0 Å². The van der Waals surface area contributed by atoms with Gasteiger partial charge in [-0.05, 0) is 46.0 Å². The summed E-state index contributed by atoms with van der Waals surface area (Å²) in [6, 6.07) is 0.637. The van der Waals surface area contributed by atoms with Crippen LogP contribution in [0.3, 0.4) is 0 Å². The lowest BCUT2D eigenvalue weighted by atomic mass is 9.90. The number of alkyl halides is 1. The minimum Gasteiger partial charge on any atom is -0.381 e. The quantitative estimate of drug-likeness (QED) is 0.780. The lowest BCUT2D eigenvalue weighted by Crippen LogP contribution is -2.48. The summed E-state index contributed by atoms with van der Waals surface area (Å²) >= 11 is 3.51. The molecule has 0 aromatic rings. The summed E-state index contributed by atoms with van der Waals surface area (Å²) in [7, 11) is 1.83. The molecule has 1 fully saturated rings. The van der Waals surface area contributed by atoms with Crippen molar-refractivity contribution in [1.29, 1.82) is 0 Å². The fraction of sp³-hybridized carbons (Fsp3) is 1.00. The van der Waals surface area contributed by atoms with Crippen LogP contribution in [0, 0.1) is 0 Å². The van der Waals surface area contributed by atoms with E-state index in [0.29, 0.717) is 12.1 Å². The first-order chi connectivity index (χ1) is 7.07. The average Bonchev–Trinajstić information content (AvgIpc) is 2.17. The van der Waals surface area contributed by atoms with Gasteiger partial charge in [0.25, 0.3) is 0 Å². The first kappa shape index (κ1) is 13.5. The van der Waals surface area contributed by atoms with E-state index in [1.54, 1.807) is 0 Å². The van der Waals surface area contributed by atoms with Gasteiger partial charge in [-0.25, -0.2) is 0 Å². The van der Waals surface area contributed by atoms with Gasteiger partial charge in [0.2, 0.25) is 0 Å². The van der Waals surface area contributed by atoms with Crippen LogP contribution in [0.25, 0.3) is 0 Å². The Morgan fingerprint density at radius 2 is 2.13 bits per heavy atom. The largest absolute Gasteiger partial charge is 0.381 e. The number of hydrogen-bond donors (Lipinski definition) is 1. The van der Waals surface area contributed by atoms with Crippen LogP contribution < -0.4 is 5.32 Å². The average molecular weight is 278 g/mol. The fourth-order valence-corrected chi connectivity index (χ4v) is 3.34. The molecule has 0 radical (unpaired) electrons. The molecule has 0 bridgehead atoms. The molecule has 0 saturated heterocycles. The highest BCUT2D eigenvalue weighted by Gasteiger charge is 2.26. The molecule has 0 spiro atoms. The topological polar surface area (TPSA) is 21.3 Å². The van der Waals surface area contributed by atoms with Crippen molar-refractivity contribution in [2.75, 3.05) is 12.4 Å². The Hall–Kier alpha value is 0.400. The van der Waals surface area contributed by atoms with Crippen LogP contribution in [0.4, 0.5) is 0 Å². The molecule has 1 rings (SSSR count). The molecule has 0 aliphatic heterocycles. The highest BCUT2D eigenvalue weighted by atomic mass is 79.9. The minimum atomic E-state index is 0.240. The molecule has 1 aliphatic rings. The second-order valence-electron chi connectivity index (χ2n) is 5.19. The highest BCUT2D eigenvalue weighted by molar-refractivity contribution is 9.09. The van der Waals surface area contributed by atoms with E-state index in [1.165, 1.54) is 32.1 Å². The molecule has 0 aromatic carbocycles. The SMILES string of the molecule is COC1CCCC(NC(C)(C)CCBr)C1. The van der Waals surface area contributed by atoms with Crippen molar-refractivity contribution in [3.63, 3.8) is 0 Å². The molecule has 15 heavy (non-hydrogen) atoms. The maximum atomic E-state index is 5.45. The van der Waals surface area contributed by atoms with E-state index >= 15 is 0 Å². The van der Waals surface area contributed by atoms with Crippen LogP contribution >= 0.6 is 15.9 Å². The van der Waals surface area contributed by atoms with Crippen molar-refractivity contribution in [2.45, 2.75) is 63.6 Å². The summed E-state index contributed by atoms with van der Waals surface area (Å²) in [6.07, 6.45) is 6.62. The van der Waals surface area contributed by atoms with Gasteiger partial charge in [-0.1, -0.05) is 15.9 Å². The second kappa shape index (κ2) is 6.21. The van der Waals surface area contributed by atoms with Crippen molar-refractivity contribution in [1.82, 2.24) is 5.32 Å². The van der Waals surface area contributed by atoms with Crippen LogP contribution in [-0.4, -0.2) is 30.1 Å². The third kappa shape index (κ3) is 4.83. The van der Waals surface area contributed by atoms with Gasteiger partial charge < -0.3 is 10.1 Å². The number of nitrogens with one attached hydrogen (secondary N) is 1. The van der Waals surface area contributed by atoms with E-state index < -0.39 is 0 Å². The normalized spacial score (nSPS) is 28.0. The summed E-state index contributed by atoms with van der Waals surface area (Å²) in [5, 5.41) is 4.81. The van der Waals surface area contributed by atoms with Crippen LogP contribution in [0.15, 0.2) is 0 Å². The first-order valence-electron chi connectivity index (χ1n) is 5.94. The highest BCUT2D eigenvalue weighted by Crippen LogP contribution is 2.23. The van der Waals surface area contributed by atoms with Gasteiger partial charge in [0.05, 0.1) is 6.10 Å². The van der Waals surface area contributed by atoms with Gasteiger partial charge in [-0.15, -0.1) is 0 Å². The Balaban J connectivity index is 2.36. The summed E-state index contributed by atoms with van der Waals surface area (Å²) in [5.41, 5.74) is 0.240. The first-order valence-corrected chi connectivity index (χ1v) is 7.06. The van der Waals surface area contributed by atoms with Gasteiger partial charge in [0, 0.05) is 24.0 Å². The standard InChI is InChI=1S/C12H24BrNO/c1-12(2,7-8-13)14-10-5-4-6-11(9-10)15-3/h10-11,14H,4-9H2,1-3H3. The molecule has 2 unspecified atom stereocenters. The second-order valence-corrected chi connectivity index (χ2v) is 5.98. The molecular formula is C12H24BrNO. The molecule has 2 atom stereocenters. The Bertz CT molecular complexity index is 184. The Labute approximate surface area is 102 Å². The van der Waals surface area contributed by atoms with Crippen LogP contribution in [0.5, 0.6) is 0 Å². The zero-order valence-corrected chi connectivity index (χ0v) is 11.8. The molecule has 1 N–H and O–H groups in total. The van der Waals surface area contributed by atoms with Crippen LogP contribution in [0.2, 0.25) is 0 Å². The molecule has 3 heteroatoms. The number of hydrogen-bond acceptors (Lipinski definition) is 2. The van der Waals surface area contributed by atoms with E-state index in [2.05, 4.69) is 35.1 Å². The van der Waals surface area contributed by atoms with Crippen molar-refractivity contribution in [3.8, 4) is 0 Å². The molecular weight excluding hydrogens is 254 g/mol. The molecule has 2 nitrogen and oxygen atoms in total. The van der Waals surface area contributed by atoms with E-state index in [1.807, 2.05) is 7.11 Å². The van der Waals surface area contributed by atoms with Gasteiger partial charge in [-0.2, -0.15) is 0 Å². The number of ether oxygens (including phenoxy) is 1. The van der Waals surface area contributed by atoms with Crippen molar-refractivity contribution < 1.29 is 4.74 Å². The zero-order valence-electron chi connectivity index (χ0n) is 10.2. The number of halogens is 1. The Kier molecular flexibility index (Phi) is 5.58. The van der Waals surface area contributed by atoms with Gasteiger partial charge in [-0.3, -0.25) is 0 Å². The van der Waals surface area contributed by atoms with Crippen molar-refractivity contribution in [3.05, 3.63) is 0 Å². The monoisotopic (exact) mass is 277 g/mol. The lowest BCUT2D eigenvalue weighted by molar-refractivity contribution is 0.0538.